The highest BCUT2D eigenvalue weighted by atomic mass is 32.2. The van der Waals surface area contributed by atoms with Crippen molar-refractivity contribution in [1.29, 1.82) is 0 Å². The summed E-state index contributed by atoms with van der Waals surface area (Å²) in [5, 5.41) is 2.32. The van der Waals surface area contributed by atoms with Crippen molar-refractivity contribution in [3.05, 3.63) is 29.8 Å². The van der Waals surface area contributed by atoms with Gasteiger partial charge in [0.1, 0.15) is 0 Å². The number of hydrogen-bond acceptors (Lipinski definition) is 3. The highest BCUT2D eigenvalue weighted by Gasteiger charge is 2.07. The van der Waals surface area contributed by atoms with Crippen LogP contribution in [0.25, 0.3) is 0 Å². The molecule has 2 N–H and O–H groups in total. The number of hydrogen-bond donors (Lipinski definition) is 2. The monoisotopic (exact) mass is 278 g/mol. The first-order chi connectivity index (χ1) is 8.28. The maximum atomic E-state index is 12.8. The molecule has 1 aromatic rings. The normalized spacial score (nSPS) is 11.3. The Morgan fingerprint density at radius 3 is 2.50 bits per heavy atom. The molecule has 0 radical (unpaired) electrons. The predicted molar refractivity (Wildman–Crippen MR) is 62.5 cm³/mol. The summed E-state index contributed by atoms with van der Waals surface area (Å²) in [6.45, 7) is -0.0612. The third-order valence-corrected chi connectivity index (χ3v) is 2.65. The Balaban J connectivity index is 2.47. The summed E-state index contributed by atoms with van der Waals surface area (Å²) in [7, 11) is -3.34. The van der Waals surface area contributed by atoms with Gasteiger partial charge in [-0.2, -0.15) is 0 Å². The standard InChI is InChI=1S/C10H12F2N2O3S/c1-18(16,17)13-5-4-10(15)14-7-2-3-8(11)9(12)6-7/h2-3,6,13H,4-5H2,1H3,(H,14,15). The minimum Gasteiger partial charge on any atom is -0.326 e. The molecule has 0 aliphatic heterocycles. The van der Waals surface area contributed by atoms with E-state index in [-0.39, 0.29) is 18.7 Å². The van der Waals surface area contributed by atoms with Gasteiger partial charge in [0, 0.05) is 24.7 Å². The van der Waals surface area contributed by atoms with E-state index in [2.05, 4.69) is 10.0 Å². The van der Waals surface area contributed by atoms with E-state index >= 15 is 0 Å². The second-order valence-corrected chi connectivity index (χ2v) is 5.43. The fourth-order valence-electron chi connectivity index (χ4n) is 1.15. The van der Waals surface area contributed by atoms with Crippen LogP contribution in [-0.4, -0.2) is 27.1 Å². The van der Waals surface area contributed by atoms with Gasteiger partial charge < -0.3 is 5.32 Å². The Kier molecular flexibility index (Phi) is 4.74. The van der Waals surface area contributed by atoms with Crippen LogP contribution < -0.4 is 10.0 Å². The van der Waals surface area contributed by atoms with Gasteiger partial charge in [-0.05, 0) is 12.1 Å². The molecule has 0 aliphatic rings. The minimum atomic E-state index is -3.34. The van der Waals surface area contributed by atoms with Crippen molar-refractivity contribution in [3.8, 4) is 0 Å². The van der Waals surface area contributed by atoms with Crippen molar-refractivity contribution in [1.82, 2.24) is 4.72 Å². The maximum absolute atomic E-state index is 12.8. The second kappa shape index (κ2) is 5.87. The molecule has 0 bridgehead atoms. The van der Waals surface area contributed by atoms with Gasteiger partial charge in [0.15, 0.2) is 11.6 Å². The number of anilines is 1. The summed E-state index contributed by atoms with van der Waals surface area (Å²) < 4.78 is 49.0. The van der Waals surface area contributed by atoms with Gasteiger partial charge in [-0.1, -0.05) is 0 Å². The maximum Gasteiger partial charge on any atom is 0.225 e. The largest absolute Gasteiger partial charge is 0.326 e. The van der Waals surface area contributed by atoms with Crippen molar-refractivity contribution < 1.29 is 22.0 Å². The fraction of sp³-hybridized carbons (Fsp3) is 0.300. The summed E-state index contributed by atoms with van der Waals surface area (Å²) in [6, 6.07) is 2.94. The highest BCUT2D eigenvalue weighted by Crippen LogP contribution is 2.13. The molecule has 18 heavy (non-hydrogen) atoms. The van der Waals surface area contributed by atoms with Gasteiger partial charge in [0.25, 0.3) is 0 Å². The van der Waals surface area contributed by atoms with Crippen molar-refractivity contribution in [2.75, 3.05) is 18.1 Å². The van der Waals surface area contributed by atoms with Crippen molar-refractivity contribution in [2.24, 2.45) is 0 Å². The molecule has 1 amide bonds. The number of halogens is 2. The number of carbonyl (C=O) groups excluding carboxylic acids is 1. The molecule has 0 atom stereocenters. The van der Waals surface area contributed by atoms with E-state index in [0.29, 0.717) is 0 Å². The lowest BCUT2D eigenvalue weighted by molar-refractivity contribution is -0.116. The average molecular weight is 278 g/mol. The molecular weight excluding hydrogens is 266 g/mol. The van der Waals surface area contributed by atoms with Gasteiger partial charge in [-0.25, -0.2) is 21.9 Å². The van der Waals surface area contributed by atoms with Crippen LogP contribution in [-0.2, 0) is 14.8 Å². The fourth-order valence-corrected chi connectivity index (χ4v) is 1.62. The van der Waals surface area contributed by atoms with Gasteiger partial charge in [-0.15, -0.1) is 0 Å². The molecule has 0 heterocycles. The number of sulfonamides is 1. The molecule has 0 saturated heterocycles. The van der Waals surface area contributed by atoms with E-state index in [1.54, 1.807) is 0 Å². The topological polar surface area (TPSA) is 75.3 Å². The molecule has 1 aromatic carbocycles. The number of nitrogens with one attached hydrogen (secondary N) is 2. The van der Waals surface area contributed by atoms with E-state index in [0.717, 1.165) is 18.4 Å². The third-order valence-electron chi connectivity index (χ3n) is 1.92. The van der Waals surface area contributed by atoms with E-state index in [1.165, 1.54) is 6.07 Å². The Labute approximate surface area is 103 Å². The Bertz CT molecular complexity index is 546. The number of rotatable bonds is 5. The summed E-state index contributed by atoms with van der Waals surface area (Å²) in [4.78, 5) is 11.3. The SMILES string of the molecule is CS(=O)(=O)NCCC(=O)Nc1ccc(F)c(F)c1. The van der Waals surface area contributed by atoms with E-state index in [9.17, 15) is 22.0 Å². The summed E-state index contributed by atoms with van der Waals surface area (Å²) >= 11 is 0. The molecule has 100 valence electrons. The molecule has 0 unspecified atom stereocenters. The first kappa shape index (κ1) is 14.5. The summed E-state index contributed by atoms with van der Waals surface area (Å²) in [5.41, 5.74) is 0.109. The van der Waals surface area contributed by atoms with Crippen LogP contribution in [0.5, 0.6) is 0 Å². The van der Waals surface area contributed by atoms with Crippen LogP contribution in [0.15, 0.2) is 18.2 Å². The highest BCUT2D eigenvalue weighted by molar-refractivity contribution is 7.88. The molecular formula is C10H12F2N2O3S. The van der Waals surface area contributed by atoms with Crippen molar-refractivity contribution >= 4 is 21.6 Å². The van der Waals surface area contributed by atoms with Gasteiger partial charge >= 0.3 is 0 Å². The van der Waals surface area contributed by atoms with Crippen LogP contribution in [0, 0.1) is 11.6 Å². The predicted octanol–water partition coefficient (Wildman–Crippen LogP) is 0.843. The van der Waals surface area contributed by atoms with Crippen LogP contribution >= 0.6 is 0 Å². The molecule has 5 nitrogen and oxygen atoms in total. The number of carbonyl (C=O) groups is 1. The van der Waals surface area contributed by atoms with Crippen LogP contribution in [0.4, 0.5) is 14.5 Å². The zero-order valence-corrected chi connectivity index (χ0v) is 10.4. The number of amides is 1. The lowest BCUT2D eigenvalue weighted by Gasteiger charge is -2.05. The minimum absolute atomic E-state index is 0.0612. The number of benzene rings is 1. The van der Waals surface area contributed by atoms with Crippen LogP contribution in [0.2, 0.25) is 0 Å². The van der Waals surface area contributed by atoms with E-state index in [4.69, 9.17) is 0 Å². The third kappa shape index (κ3) is 5.19. The first-order valence-electron chi connectivity index (χ1n) is 4.97. The van der Waals surface area contributed by atoms with Gasteiger partial charge in [0.2, 0.25) is 15.9 Å². The lowest BCUT2D eigenvalue weighted by atomic mass is 10.3. The zero-order chi connectivity index (χ0) is 13.8. The average Bonchev–Trinajstić information content (AvgIpc) is 2.21. The first-order valence-corrected chi connectivity index (χ1v) is 6.86. The zero-order valence-electron chi connectivity index (χ0n) is 9.54. The second-order valence-electron chi connectivity index (χ2n) is 3.59. The van der Waals surface area contributed by atoms with Crippen molar-refractivity contribution in [2.45, 2.75) is 6.42 Å². The summed E-state index contributed by atoms with van der Waals surface area (Å²) in [6.07, 6.45) is 0.867. The molecule has 8 heteroatoms. The molecule has 0 fully saturated rings. The van der Waals surface area contributed by atoms with Gasteiger partial charge in [-0.3, -0.25) is 4.79 Å². The van der Waals surface area contributed by atoms with E-state index in [1.807, 2.05) is 0 Å². The van der Waals surface area contributed by atoms with E-state index < -0.39 is 27.6 Å². The smallest absolute Gasteiger partial charge is 0.225 e. The molecule has 1 rings (SSSR count). The molecule has 0 spiro atoms. The Morgan fingerprint density at radius 2 is 1.94 bits per heavy atom. The van der Waals surface area contributed by atoms with Crippen molar-refractivity contribution in [3.63, 3.8) is 0 Å². The van der Waals surface area contributed by atoms with Gasteiger partial charge in [0.05, 0.1) is 6.26 Å². The quantitative estimate of drug-likeness (QED) is 0.838. The van der Waals surface area contributed by atoms with Crippen LogP contribution in [0.1, 0.15) is 6.42 Å². The molecule has 0 aromatic heterocycles. The Hall–Kier alpha value is -1.54. The molecule has 0 saturated carbocycles. The lowest BCUT2D eigenvalue weighted by Crippen LogP contribution is -2.26. The summed E-state index contributed by atoms with van der Waals surface area (Å²) in [5.74, 6) is -2.58. The molecule has 0 aliphatic carbocycles. The van der Waals surface area contributed by atoms with Crippen LogP contribution in [0.3, 0.4) is 0 Å². The Morgan fingerprint density at radius 1 is 1.28 bits per heavy atom.